The number of nitrogens with zero attached hydrogens (tertiary/aromatic N) is 3. The van der Waals surface area contributed by atoms with Gasteiger partial charge in [-0.05, 0) is 17.7 Å². The Morgan fingerprint density at radius 3 is 3.00 bits per heavy atom. The van der Waals surface area contributed by atoms with Crippen molar-refractivity contribution in [2.75, 3.05) is 0 Å². The lowest BCUT2D eigenvalue weighted by molar-refractivity contribution is 0.176. The van der Waals surface area contributed by atoms with E-state index in [0.717, 1.165) is 0 Å². The van der Waals surface area contributed by atoms with Crippen LogP contribution in [0.15, 0.2) is 22.9 Å². The summed E-state index contributed by atoms with van der Waals surface area (Å²) in [6.45, 7) is 0. The number of hydrogen-bond donors (Lipinski definition) is 1. The lowest BCUT2D eigenvalue weighted by Gasteiger charge is -2.05. The molecular weight excluding hydrogens is 218 g/mol. The maximum atomic E-state index is 9.83. The summed E-state index contributed by atoms with van der Waals surface area (Å²) < 4.78 is 6.48. The highest BCUT2D eigenvalue weighted by Gasteiger charge is 2.15. The van der Waals surface area contributed by atoms with Crippen LogP contribution in [0.3, 0.4) is 0 Å². The van der Waals surface area contributed by atoms with Crippen molar-refractivity contribution in [2.24, 2.45) is 7.05 Å². The molecule has 0 bridgehead atoms. The van der Waals surface area contributed by atoms with E-state index in [2.05, 4.69) is 10.3 Å². The second kappa shape index (κ2) is 4.04. The molecule has 0 amide bonds. The molecule has 0 aliphatic heterocycles. The Morgan fingerprint density at radius 2 is 2.47 bits per heavy atom. The second-order valence-corrected chi connectivity index (χ2v) is 3.60. The minimum Gasteiger partial charge on any atom is -0.453 e. The molecule has 0 saturated carbocycles. The fraction of sp³-hybridized carbons (Fsp3) is 0.333. The Kier molecular flexibility index (Phi) is 2.75. The Hall–Kier alpha value is -1.33. The number of rotatable bonds is 3. The summed E-state index contributed by atoms with van der Waals surface area (Å²) in [5.74, 6) is 0. The van der Waals surface area contributed by atoms with E-state index in [4.69, 9.17) is 16.0 Å². The Labute approximate surface area is 91.3 Å². The van der Waals surface area contributed by atoms with E-state index in [1.165, 1.54) is 6.26 Å². The topological polar surface area (TPSA) is 64.1 Å². The Morgan fingerprint density at radius 1 is 1.67 bits per heavy atom. The van der Waals surface area contributed by atoms with E-state index in [-0.39, 0.29) is 5.22 Å². The number of hydrogen-bond acceptors (Lipinski definition) is 4. The van der Waals surface area contributed by atoms with Crippen LogP contribution in [0.25, 0.3) is 0 Å². The summed E-state index contributed by atoms with van der Waals surface area (Å²) >= 11 is 5.74. The normalized spacial score (nSPS) is 13.0. The van der Waals surface area contributed by atoms with Gasteiger partial charge in [0.05, 0.1) is 18.1 Å². The summed E-state index contributed by atoms with van der Waals surface area (Å²) in [6.07, 6.45) is 2.84. The van der Waals surface area contributed by atoms with Crippen LogP contribution in [-0.2, 0) is 13.5 Å². The third kappa shape index (κ3) is 2.19. The van der Waals surface area contributed by atoms with Crippen molar-refractivity contribution in [1.82, 2.24) is 15.0 Å². The highest BCUT2D eigenvalue weighted by atomic mass is 35.5. The standard InChI is InChI=1S/C9H10ClN3O2/c1-13-5-6(11-12-13)4-8(14)7-2-3-15-9(7)10/h2-3,5,8,14H,4H2,1H3. The zero-order valence-electron chi connectivity index (χ0n) is 8.09. The lowest BCUT2D eigenvalue weighted by atomic mass is 10.1. The molecule has 1 N–H and O–H groups in total. The Balaban J connectivity index is 2.10. The molecule has 80 valence electrons. The van der Waals surface area contributed by atoms with Crippen LogP contribution in [0.5, 0.6) is 0 Å². The van der Waals surface area contributed by atoms with Crippen molar-refractivity contribution in [3.8, 4) is 0 Å². The molecular formula is C9H10ClN3O2. The first-order valence-electron chi connectivity index (χ1n) is 4.43. The van der Waals surface area contributed by atoms with Crippen molar-refractivity contribution in [3.63, 3.8) is 0 Å². The highest BCUT2D eigenvalue weighted by Crippen LogP contribution is 2.25. The van der Waals surface area contributed by atoms with E-state index < -0.39 is 6.10 Å². The first-order chi connectivity index (χ1) is 7.16. The molecule has 0 radical (unpaired) electrons. The summed E-state index contributed by atoms with van der Waals surface area (Å²) in [4.78, 5) is 0. The van der Waals surface area contributed by atoms with Gasteiger partial charge in [0.25, 0.3) is 0 Å². The highest BCUT2D eigenvalue weighted by molar-refractivity contribution is 6.29. The third-order valence-corrected chi connectivity index (χ3v) is 2.36. The van der Waals surface area contributed by atoms with Gasteiger partial charge in [-0.15, -0.1) is 5.10 Å². The summed E-state index contributed by atoms with van der Waals surface area (Å²) in [5.41, 5.74) is 1.28. The molecule has 0 aromatic carbocycles. The summed E-state index contributed by atoms with van der Waals surface area (Å²) in [7, 11) is 1.77. The number of aliphatic hydroxyl groups is 1. The molecule has 5 nitrogen and oxygen atoms in total. The van der Waals surface area contributed by atoms with Gasteiger partial charge in [-0.3, -0.25) is 4.68 Å². The van der Waals surface area contributed by atoms with Crippen LogP contribution in [0.4, 0.5) is 0 Å². The summed E-state index contributed by atoms with van der Waals surface area (Å²) in [6, 6.07) is 1.64. The van der Waals surface area contributed by atoms with Crippen LogP contribution in [0, 0.1) is 0 Å². The quantitative estimate of drug-likeness (QED) is 0.860. The minimum absolute atomic E-state index is 0.214. The maximum absolute atomic E-state index is 9.83. The molecule has 0 aliphatic rings. The van der Waals surface area contributed by atoms with Crippen molar-refractivity contribution in [2.45, 2.75) is 12.5 Å². The second-order valence-electron chi connectivity index (χ2n) is 3.25. The predicted molar refractivity (Wildman–Crippen MR) is 53.4 cm³/mol. The van der Waals surface area contributed by atoms with Crippen LogP contribution in [-0.4, -0.2) is 20.1 Å². The van der Waals surface area contributed by atoms with Gasteiger partial charge in [0.15, 0.2) is 5.22 Å². The van der Waals surface area contributed by atoms with E-state index in [1.807, 2.05) is 0 Å². The molecule has 2 rings (SSSR count). The molecule has 1 atom stereocenters. The summed E-state index contributed by atoms with van der Waals surface area (Å²) in [5, 5.41) is 17.7. The zero-order chi connectivity index (χ0) is 10.8. The number of furan rings is 1. The first-order valence-corrected chi connectivity index (χ1v) is 4.81. The van der Waals surface area contributed by atoms with Gasteiger partial charge in [-0.25, -0.2) is 0 Å². The predicted octanol–water partition coefficient (Wildman–Crippen LogP) is 1.34. The van der Waals surface area contributed by atoms with Crippen molar-refractivity contribution < 1.29 is 9.52 Å². The molecule has 2 aromatic heterocycles. The Bertz CT molecular complexity index is 452. The lowest BCUT2D eigenvalue weighted by Crippen LogP contribution is -2.01. The number of halogens is 1. The fourth-order valence-electron chi connectivity index (χ4n) is 1.34. The molecule has 0 fully saturated rings. The van der Waals surface area contributed by atoms with Gasteiger partial charge in [-0.2, -0.15) is 0 Å². The number of aromatic nitrogens is 3. The monoisotopic (exact) mass is 227 g/mol. The molecule has 2 heterocycles. The van der Waals surface area contributed by atoms with Gasteiger partial charge >= 0.3 is 0 Å². The van der Waals surface area contributed by atoms with E-state index in [9.17, 15) is 5.11 Å². The van der Waals surface area contributed by atoms with E-state index >= 15 is 0 Å². The minimum atomic E-state index is -0.715. The third-order valence-electron chi connectivity index (χ3n) is 2.06. The largest absolute Gasteiger partial charge is 0.453 e. The SMILES string of the molecule is Cn1cc(CC(O)c2ccoc2Cl)nn1. The van der Waals surface area contributed by atoms with Crippen molar-refractivity contribution in [3.05, 3.63) is 35.0 Å². The number of aryl methyl sites for hydroxylation is 1. The molecule has 0 saturated heterocycles. The zero-order valence-corrected chi connectivity index (χ0v) is 8.85. The van der Waals surface area contributed by atoms with Gasteiger partial charge in [-0.1, -0.05) is 5.21 Å². The molecule has 0 spiro atoms. The van der Waals surface area contributed by atoms with E-state index in [0.29, 0.717) is 17.7 Å². The van der Waals surface area contributed by atoms with Crippen LogP contribution in [0.1, 0.15) is 17.4 Å². The number of aliphatic hydroxyl groups excluding tert-OH is 1. The van der Waals surface area contributed by atoms with Crippen LogP contribution in [0.2, 0.25) is 5.22 Å². The molecule has 2 aromatic rings. The molecule has 1 unspecified atom stereocenters. The van der Waals surface area contributed by atoms with Gasteiger partial charge in [0.2, 0.25) is 0 Å². The van der Waals surface area contributed by atoms with E-state index in [1.54, 1.807) is 24.0 Å². The molecule has 15 heavy (non-hydrogen) atoms. The van der Waals surface area contributed by atoms with Crippen molar-refractivity contribution >= 4 is 11.6 Å². The van der Waals surface area contributed by atoms with Crippen LogP contribution < -0.4 is 0 Å². The fourth-order valence-corrected chi connectivity index (χ4v) is 1.58. The smallest absolute Gasteiger partial charge is 0.198 e. The van der Waals surface area contributed by atoms with Crippen molar-refractivity contribution in [1.29, 1.82) is 0 Å². The van der Waals surface area contributed by atoms with Gasteiger partial charge in [0.1, 0.15) is 0 Å². The van der Waals surface area contributed by atoms with Gasteiger partial charge < -0.3 is 9.52 Å². The van der Waals surface area contributed by atoms with Gasteiger partial charge in [0, 0.05) is 25.2 Å². The molecule has 6 heteroatoms. The van der Waals surface area contributed by atoms with Crippen LogP contribution >= 0.6 is 11.6 Å². The maximum Gasteiger partial charge on any atom is 0.198 e. The molecule has 0 aliphatic carbocycles. The average Bonchev–Trinajstić information content (AvgIpc) is 2.75. The average molecular weight is 228 g/mol. The first kappa shape index (κ1) is 10.2.